The highest BCUT2D eigenvalue weighted by molar-refractivity contribution is 5.96. The van der Waals surface area contributed by atoms with Crippen molar-refractivity contribution < 1.29 is 9.53 Å². The molecule has 19 heavy (non-hydrogen) atoms. The van der Waals surface area contributed by atoms with Crippen LogP contribution in [-0.4, -0.2) is 18.6 Å². The van der Waals surface area contributed by atoms with E-state index < -0.39 is 0 Å². The van der Waals surface area contributed by atoms with Crippen molar-refractivity contribution in [2.24, 2.45) is 11.1 Å². The van der Waals surface area contributed by atoms with Gasteiger partial charge in [0, 0.05) is 12.2 Å². The van der Waals surface area contributed by atoms with Gasteiger partial charge in [-0.1, -0.05) is 6.42 Å². The number of hydrogen-bond donors (Lipinski definition) is 2. The molecule has 104 valence electrons. The van der Waals surface area contributed by atoms with Crippen LogP contribution in [0, 0.1) is 5.41 Å². The molecule has 1 fully saturated rings. The molecule has 3 N–H and O–H groups in total. The maximum absolute atomic E-state index is 12.2. The number of rotatable bonds is 5. The van der Waals surface area contributed by atoms with Crippen molar-refractivity contribution in [3.8, 4) is 5.75 Å². The first-order valence-corrected chi connectivity index (χ1v) is 6.84. The third kappa shape index (κ3) is 3.07. The molecule has 0 atom stereocenters. The van der Waals surface area contributed by atoms with E-state index in [0.29, 0.717) is 6.54 Å². The lowest BCUT2D eigenvalue weighted by molar-refractivity contribution is -0.129. The minimum Gasteiger partial charge on any atom is -0.491 e. The standard InChI is InChI=1S/C15H22N2O2/c1-11(2)19-13-6-4-12(5-7-13)17-14(18)15(10-16)8-3-9-15/h4-7,11H,3,8-10,16H2,1-2H3,(H,17,18). The Morgan fingerprint density at radius 1 is 1.37 bits per heavy atom. The number of nitrogens with two attached hydrogens (primary N) is 1. The van der Waals surface area contributed by atoms with Gasteiger partial charge < -0.3 is 15.8 Å². The third-order valence-electron chi connectivity index (χ3n) is 3.67. The fourth-order valence-electron chi connectivity index (χ4n) is 2.28. The van der Waals surface area contributed by atoms with Crippen LogP contribution in [0.4, 0.5) is 5.69 Å². The van der Waals surface area contributed by atoms with Crippen molar-refractivity contribution in [2.45, 2.75) is 39.2 Å². The third-order valence-corrected chi connectivity index (χ3v) is 3.67. The molecule has 0 aliphatic heterocycles. The summed E-state index contributed by atoms with van der Waals surface area (Å²) in [7, 11) is 0. The predicted octanol–water partition coefficient (Wildman–Crippen LogP) is 2.54. The average Bonchev–Trinajstić information content (AvgIpc) is 2.30. The van der Waals surface area contributed by atoms with Gasteiger partial charge in [-0.3, -0.25) is 4.79 Å². The van der Waals surface area contributed by atoms with E-state index in [0.717, 1.165) is 30.7 Å². The highest BCUT2D eigenvalue weighted by atomic mass is 16.5. The molecule has 0 saturated heterocycles. The maximum atomic E-state index is 12.2. The monoisotopic (exact) mass is 262 g/mol. The molecule has 1 saturated carbocycles. The van der Waals surface area contributed by atoms with E-state index in [1.165, 1.54) is 0 Å². The minimum absolute atomic E-state index is 0.0405. The summed E-state index contributed by atoms with van der Waals surface area (Å²) in [4.78, 5) is 12.2. The van der Waals surface area contributed by atoms with Gasteiger partial charge in [-0.2, -0.15) is 0 Å². The number of hydrogen-bond acceptors (Lipinski definition) is 3. The lowest BCUT2D eigenvalue weighted by atomic mass is 9.68. The van der Waals surface area contributed by atoms with E-state index >= 15 is 0 Å². The normalized spacial score (nSPS) is 16.8. The maximum Gasteiger partial charge on any atom is 0.231 e. The van der Waals surface area contributed by atoms with Crippen molar-refractivity contribution in [2.75, 3.05) is 11.9 Å². The smallest absolute Gasteiger partial charge is 0.231 e. The summed E-state index contributed by atoms with van der Waals surface area (Å²) in [6, 6.07) is 7.45. The SMILES string of the molecule is CC(C)Oc1ccc(NC(=O)C2(CN)CCC2)cc1. The number of ether oxygens (including phenoxy) is 1. The second kappa shape index (κ2) is 5.61. The summed E-state index contributed by atoms with van der Waals surface area (Å²) >= 11 is 0. The van der Waals surface area contributed by atoms with Gasteiger partial charge in [-0.05, 0) is 51.0 Å². The van der Waals surface area contributed by atoms with Gasteiger partial charge in [0.25, 0.3) is 0 Å². The lowest BCUT2D eigenvalue weighted by Gasteiger charge is -2.39. The highest BCUT2D eigenvalue weighted by Gasteiger charge is 2.42. The lowest BCUT2D eigenvalue weighted by Crippen LogP contribution is -2.47. The van der Waals surface area contributed by atoms with Crippen LogP contribution >= 0.6 is 0 Å². The topological polar surface area (TPSA) is 64.3 Å². The fourth-order valence-corrected chi connectivity index (χ4v) is 2.28. The molecular weight excluding hydrogens is 240 g/mol. The van der Waals surface area contributed by atoms with Crippen molar-refractivity contribution in [3.05, 3.63) is 24.3 Å². The summed E-state index contributed by atoms with van der Waals surface area (Å²) in [6.45, 7) is 4.39. The summed E-state index contributed by atoms with van der Waals surface area (Å²) in [5, 5.41) is 2.94. The van der Waals surface area contributed by atoms with Crippen LogP contribution in [-0.2, 0) is 4.79 Å². The Labute approximate surface area is 114 Å². The summed E-state index contributed by atoms with van der Waals surface area (Å²) in [5.74, 6) is 0.851. The molecule has 2 rings (SSSR count). The summed E-state index contributed by atoms with van der Waals surface area (Å²) < 4.78 is 5.56. The van der Waals surface area contributed by atoms with Gasteiger partial charge >= 0.3 is 0 Å². The van der Waals surface area contributed by atoms with Gasteiger partial charge in [-0.25, -0.2) is 0 Å². The molecule has 4 nitrogen and oxygen atoms in total. The van der Waals surface area contributed by atoms with Crippen molar-refractivity contribution in [3.63, 3.8) is 0 Å². The molecular formula is C15H22N2O2. The molecule has 0 unspecified atom stereocenters. The second-order valence-corrected chi connectivity index (χ2v) is 5.48. The Morgan fingerprint density at radius 3 is 2.42 bits per heavy atom. The van der Waals surface area contributed by atoms with E-state index in [-0.39, 0.29) is 17.4 Å². The number of amides is 1. The molecule has 1 aromatic carbocycles. The number of benzene rings is 1. The highest BCUT2D eigenvalue weighted by Crippen LogP contribution is 2.40. The van der Waals surface area contributed by atoms with Crippen LogP contribution in [0.5, 0.6) is 5.75 Å². The molecule has 4 heteroatoms. The van der Waals surface area contributed by atoms with Crippen LogP contribution in [0.2, 0.25) is 0 Å². The first kappa shape index (κ1) is 13.9. The number of carbonyl (C=O) groups is 1. The van der Waals surface area contributed by atoms with E-state index in [2.05, 4.69) is 5.32 Å². The van der Waals surface area contributed by atoms with Crippen molar-refractivity contribution >= 4 is 11.6 Å². The van der Waals surface area contributed by atoms with Crippen LogP contribution in [0.1, 0.15) is 33.1 Å². The van der Waals surface area contributed by atoms with E-state index in [1.54, 1.807) is 0 Å². The van der Waals surface area contributed by atoms with Gasteiger partial charge in [0.1, 0.15) is 5.75 Å². The quantitative estimate of drug-likeness (QED) is 0.857. The fraction of sp³-hybridized carbons (Fsp3) is 0.533. The van der Waals surface area contributed by atoms with E-state index in [9.17, 15) is 4.79 Å². The Hall–Kier alpha value is -1.55. The van der Waals surface area contributed by atoms with Crippen molar-refractivity contribution in [1.82, 2.24) is 0 Å². The Morgan fingerprint density at radius 2 is 2.00 bits per heavy atom. The first-order chi connectivity index (χ1) is 9.05. The number of anilines is 1. The van der Waals surface area contributed by atoms with E-state index in [1.807, 2.05) is 38.1 Å². The zero-order valence-electron chi connectivity index (χ0n) is 11.6. The molecule has 1 aromatic rings. The zero-order chi connectivity index (χ0) is 13.9. The Bertz CT molecular complexity index is 430. The van der Waals surface area contributed by atoms with Crippen LogP contribution < -0.4 is 15.8 Å². The molecule has 0 aromatic heterocycles. The molecule has 0 bridgehead atoms. The van der Waals surface area contributed by atoms with E-state index in [4.69, 9.17) is 10.5 Å². The Balaban J connectivity index is 1.97. The summed E-state index contributed by atoms with van der Waals surface area (Å²) in [5.41, 5.74) is 6.17. The Kier molecular flexibility index (Phi) is 4.10. The number of carbonyl (C=O) groups excluding carboxylic acids is 1. The largest absolute Gasteiger partial charge is 0.491 e. The molecule has 1 aliphatic carbocycles. The first-order valence-electron chi connectivity index (χ1n) is 6.84. The zero-order valence-corrected chi connectivity index (χ0v) is 11.6. The minimum atomic E-state index is -0.340. The number of nitrogens with one attached hydrogen (secondary N) is 1. The molecule has 1 aliphatic rings. The van der Waals surface area contributed by atoms with Gasteiger partial charge in [0.15, 0.2) is 0 Å². The van der Waals surface area contributed by atoms with Gasteiger partial charge in [-0.15, -0.1) is 0 Å². The molecule has 0 heterocycles. The van der Waals surface area contributed by atoms with Crippen LogP contribution in [0.25, 0.3) is 0 Å². The second-order valence-electron chi connectivity index (χ2n) is 5.48. The summed E-state index contributed by atoms with van der Waals surface area (Å²) in [6.07, 6.45) is 3.02. The predicted molar refractivity (Wildman–Crippen MR) is 76.2 cm³/mol. The van der Waals surface area contributed by atoms with Gasteiger partial charge in [0.2, 0.25) is 5.91 Å². The van der Waals surface area contributed by atoms with Gasteiger partial charge in [0.05, 0.1) is 11.5 Å². The van der Waals surface area contributed by atoms with Crippen LogP contribution in [0.15, 0.2) is 24.3 Å². The van der Waals surface area contributed by atoms with Crippen molar-refractivity contribution in [1.29, 1.82) is 0 Å². The molecule has 1 amide bonds. The average molecular weight is 262 g/mol. The van der Waals surface area contributed by atoms with Crippen LogP contribution in [0.3, 0.4) is 0 Å². The molecule has 0 radical (unpaired) electrons. The molecule has 0 spiro atoms.